The van der Waals surface area contributed by atoms with Gasteiger partial charge in [-0.3, -0.25) is 0 Å². The summed E-state index contributed by atoms with van der Waals surface area (Å²) < 4.78 is 0. The SMILES string of the molecule is O[C@H](CCc1ccccc1)C1CCCCC1. The highest BCUT2D eigenvalue weighted by Gasteiger charge is 2.21. The number of hydrogen-bond acceptors (Lipinski definition) is 1. The summed E-state index contributed by atoms with van der Waals surface area (Å²) in [6, 6.07) is 10.5. The summed E-state index contributed by atoms with van der Waals surface area (Å²) >= 11 is 0. The molecule has 1 nitrogen and oxygen atoms in total. The topological polar surface area (TPSA) is 20.2 Å². The molecule has 0 unspecified atom stereocenters. The fourth-order valence-corrected chi connectivity index (χ4v) is 2.71. The number of hydrogen-bond donors (Lipinski definition) is 1. The van der Waals surface area contributed by atoms with Crippen molar-refractivity contribution < 1.29 is 5.11 Å². The minimum atomic E-state index is -0.0829. The average Bonchev–Trinajstić information content (AvgIpc) is 2.38. The Kier molecular flexibility index (Phi) is 4.41. The van der Waals surface area contributed by atoms with Gasteiger partial charge in [-0.15, -0.1) is 0 Å². The van der Waals surface area contributed by atoms with Gasteiger partial charge < -0.3 is 5.11 Å². The third-order valence-corrected chi connectivity index (χ3v) is 3.77. The molecule has 1 saturated carbocycles. The van der Waals surface area contributed by atoms with Crippen molar-refractivity contribution in [3.05, 3.63) is 35.9 Å². The summed E-state index contributed by atoms with van der Waals surface area (Å²) in [5.74, 6) is 0.567. The van der Waals surface area contributed by atoms with Crippen molar-refractivity contribution in [2.45, 2.75) is 51.0 Å². The van der Waals surface area contributed by atoms with E-state index < -0.39 is 0 Å². The second-order valence-electron chi connectivity index (χ2n) is 4.99. The molecule has 1 aliphatic carbocycles. The molecule has 1 fully saturated rings. The molecule has 88 valence electrons. The zero-order chi connectivity index (χ0) is 11.2. The minimum absolute atomic E-state index is 0.0829. The van der Waals surface area contributed by atoms with E-state index in [4.69, 9.17) is 0 Å². The number of aliphatic hydroxyl groups excluding tert-OH is 1. The van der Waals surface area contributed by atoms with Gasteiger partial charge in [-0.2, -0.15) is 0 Å². The van der Waals surface area contributed by atoms with E-state index in [9.17, 15) is 5.11 Å². The summed E-state index contributed by atoms with van der Waals surface area (Å²) in [7, 11) is 0. The zero-order valence-electron chi connectivity index (χ0n) is 9.94. The smallest absolute Gasteiger partial charge is 0.0571 e. The first-order valence-corrected chi connectivity index (χ1v) is 6.58. The van der Waals surface area contributed by atoms with Gasteiger partial charge in [0.05, 0.1) is 6.10 Å². The van der Waals surface area contributed by atoms with Crippen molar-refractivity contribution >= 4 is 0 Å². The molecule has 1 heteroatoms. The van der Waals surface area contributed by atoms with Crippen molar-refractivity contribution in [3.8, 4) is 0 Å². The fourth-order valence-electron chi connectivity index (χ4n) is 2.71. The highest BCUT2D eigenvalue weighted by molar-refractivity contribution is 5.14. The highest BCUT2D eigenvalue weighted by Crippen LogP contribution is 2.28. The predicted molar refractivity (Wildman–Crippen MR) is 67.3 cm³/mol. The normalized spacial score (nSPS) is 19.6. The van der Waals surface area contributed by atoms with Gasteiger partial charge in [0.2, 0.25) is 0 Å². The van der Waals surface area contributed by atoms with Crippen LogP contribution in [0.15, 0.2) is 30.3 Å². The Morgan fingerprint density at radius 1 is 1.06 bits per heavy atom. The quantitative estimate of drug-likeness (QED) is 0.819. The Morgan fingerprint density at radius 2 is 1.75 bits per heavy atom. The molecule has 0 aromatic heterocycles. The Labute approximate surface area is 98.5 Å². The van der Waals surface area contributed by atoms with Crippen molar-refractivity contribution in [1.82, 2.24) is 0 Å². The van der Waals surface area contributed by atoms with Crippen molar-refractivity contribution in [2.24, 2.45) is 5.92 Å². The van der Waals surface area contributed by atoms with E-state index in [0.717, 1.165) is 12.8 Å². The second kappa shape index (κ2) is 6.05. The van der Waals surface area contributed by atoms with Gasteiger partial charge in [0, 0.05) is 0 Å². The van der Waals surface area contributed by atoms with Crippen molar-refractivity contribution in [2.75, 3.05) is 0 Å². The van der Waals surface area contributed by atoms with Crippen LogP contribution in [0.1, 0.15) is 44.1 Å². The van der Waals surface area contributed by atoms with Gasteiger partial charge in [-0.1, -0.05) is 49.6 Å². The molecule has 16 heavy (non-hydrogen) atoms. The molecule has 0 radical (unpaired) electrons. The monoisotopic (exact) mass is 218 g/mol. The molecule has 0 amide bonds. The van der Waals surface area contributed by atoms with E-state index in [2.05, 4.69) is 24.3 Å². The summed E-state index contributed by atoms with van der Waals surface area (Å²) in [4.78, 5) is 0. The number of aryl methyl sites for hydroxylation is 1. The summed E-state index contributed by atoms with van der Waals surface area (Å²) in [5.41, 5.74) is 1.34. The Balaban J connectivity index is 1.76. The van der Waals surface area contributed by atoms with E-state index in [1.165, 1.54) is 37.7 Å². The van der Waals surface area contributed by atoms with E-state index in [1.807, 2.05) is 6.07 Å². The van der Waals surface area contributed by atoms with Crippen LogP contribution in [0, 0.1) is 5.92 Å². The Morgan fingerprint density at radius 3 is 2.44 bits per heavy atom. The lowest BCUT2D eigenvalue weighted by Gasteiger charge is -2.26. The van der Waals surface area contributed by atoms with E-state index in [0.29, 0.717) is 5.92 Å². The van der Waals surface area contributed by atoms with Crippen molar-refractivity contribution in [1.29, 1.82) is 0 Å². The van der Waals surface area contributed by atoms with Crippen molar-refractivity contribution in [3.63, 3.8) is 0 Å². The number of benzene rings is 1. The van der Waals surface area contributed by atoms with Crippen LogP contribution < -0.4 is 0 Å². The molecule has 0 aliphatic heterocycles. The van der Waals surface area contributed by atoms with Crippen LogP contribution in [0.25, 0.3) is 0 Å². The molecule has 0 heterocycles. The molecule has 1 aliphatic rings. The molecule has 0 saturated heterocycles. The Hall–Kier alpha value is -0.820. The first kappa shape index (κ1) is 11.7. The molecule has 1 atom stereocenters. The minimum Gasteiger partial charge on any atom is -0.393 e. The van der Waals surface area contributed by atoms with Crippen LogP contribution >= 0.6 is 0 Å². The molecule has 1 N–H and O–H groups in total. The van der Waals surface area contributed by atoms with Gasteiger partial charge >= 0.3 is 0 Å². The summed E-state index contributed by atoms with van der Waals surface area (Å²) in [6.07, 6.45) is 8.31. The second-order valence-corrected chi connectivity index (χ2v) is 4.99. The lowest BCUT2D eigenvalue weighted by atomic mass is 9.83. The zero-order valence-corrected chi connectivity index (χ0v) is 9.94. The third kappa shape index (κ3) is 3.34. The van der Waals surface area contributed by atoms with Gasteiger partial charge in [0.1, 0.15) is 0 Å². The van der Waals surface area contributed by atoms with Gasteiger partial charge in [-0.05, 0) is 37.2 Å². The third-order valence-electron chi connectivity index (χ3n) is 3.77. The van der Waals surface area contributed by atoms with Crippen LogP contribution in [0.4, 0.5) is 0 Å². The predicted octanol–water partition coefficient (Wildman–Crippen LogP) is 3.56. The maximum absolute atomic E-state index is 10.1. The summed E-state index contributed by atoms with van der Waals surface area (Å²) in [6.45, 7) is 0. The summed E-state index contributed by atoms with van der Waals surface area (Å²) in [5, 5.41) is 10.1. The maximum Gasteiger partial charge on any atom is 0.0571 e. The molecule has 2 rings (SSSR count). The van der Waals surface area contributed by atoms with Crippen LogP contribution in [0.5, 0.6) is 0 Å². The van der Waals surface area contributed by atoms with Gasteiger partial charge in [-0.25, -0.2) is 0 Å². The standard InChI is InChI=1S/C15H22O/c16-15(14-9-5-2-6-10-14)12-11-13-7-3-1-4-8-13/h1,3-4,7-8,14-16H,2,5-6,9-12H2/t15-/m1/s1. The molecule has 1 aromatic rings. The molecule has 0 bridgehead atoms. The lowest BCUT2D eigenvalue weighted by Crippen LogP contribution is -2.23. The maximum atomic E-state index is 10.1. The first-order chi connectivity index (χ1) is 7.86. The number of rotatable bonds is 4. The van der Waals surface area contributed by atoms with Crippen LogP contribution in [0.2, 0.25) is 0 Å². The van der Waals surface area contributed by atoms with Gasteiger partial charge in [0.25, 0.3) is 0 Å². The van der Waals surface area contributed by atoms with Crippen LogP contribution in [-0.4, -0.2) is 11.2 Å². The van der Waals surface area contributed by atoms with Crippen LogP contribution in [-0.2, 0) is 6.42 Å². The van der Waals surface area contributed by atoms with Gasteiger partial charge in [0.15, 0.2) is 0 Å². The average molecular weight is 218 g/mol. The molecular formula is C15H22O. The Bertz CT molecular complexity index is 288. The largest absolute Gasteiger partial charge is 0.393 e. The van der Waals surface area contributed by atoms with E-state index in [-0.39, 0.29) is 6.10 Å². The van der Waals surface area contributed by atoms with E-state index >= 15 is 0 Å². The molecule has 1 aromatic carbocycles. The number of aliphatic hydroxyl groups is 1. The first-order valence-electron chi connectivity index (χ1n) is 6.58. The van der Waals surface area contributed by atoms with E-state index in [1.54, 1.807) is 0 Å². The molecular weight excluding hydrogens is 196 g/mol. The van der Waals surface area contributed by atoms with Crippen LogP contribution in [0.3, 0.4) is 0 Å². The fraction of sp³-hybridized carbons (Fsp3) is 0.600. The highest BCUT2D eigenvalue weighted by atomic mass is 16.3. The lowest BCUT2D eigenvalue weighted by molar-refractivity contribution is 0.0775. The molecule has 0 spiro atoms.